The third-order valence-electron chi connectivity index (χ3n) is 2.68. The van der Waals surface area contributed by atoms with E-state index in [4.69, 9.17) is 21.8 Å². The number of benzene rings is 1. The van der Waals surface area contributed by atoms with Crippen LogP contribution in [0.25, 0.3) is 11.1 Å². The summed E-state index contributed by atoms with van der Waals surface area (Å²) in [6.45, 7) is 2.22. The highest BCUT2D eigenvalue weighted by Crippen LogP contribution is 2.16. The van der Waals surface area contributed by atoms with E-state index < -0.39 is 0 Å². The first-order chi connectivity index (χ1) is 8.25. The molecular weight excluding hydrogens is 238 g/mol. The predicted molar refractivity (Wildman–Crippen MR) is 69.1 cm³/mol. The Balaban J connectivity index is 0.000000136. The molecule has 1 aliphatic heterocycles. The molecule has 1 aliphatic rings. The standard InChI is InChI=1S/C7H4ClNO.C5H12N2/c8-5-1-2-7-6(3-5)9-4-10-7;6-5-1-3-7-4-2-5/h1-4H;5,7H,1-4,6H2. The van der Waals surface area contributed by atoms with Crippen LogP contribution in [0, 0.1) is 0 Å². The van der Waals surface area contributed by atoms with Crippen LogP contribution in [0.1, 0.15) is 12.8 Å². The molecule has 2 aromatic rings. The molecule has 0 radical (unpaired) electrons. The quantitative estimate of drug-likeness (QED) is 0.755. The number of nitrogens with zero attached hydrogens (tertiary/aromatic N) is 1. The smallest absolute Gasteiger partial charge is 0.181 e. The molecule has 3 N–H and O–H groups in total. The van der Waals surface area contributed by atoms with Gasteiger partial charge in [-0.2, -0.15) is 0 Å². The van der Waals surface area contributed by atoms with E-state index in [-0.39, 0.29) is 0 Å². The van der Waals surface area contributed by atoms with Crippen molar-refractivity contribution in [3.63, 3.8) is 0 Å². The maximum Gasteiger partial charge on any atom is 0.181 e. The zero-order chi connectivity index (χ0) is 12.1. The van der Waals surface area contributed by atoms with Crippen molar-refractivity contribution in [1.29, 1.82) is 0 Å². The summed E-state index contributed by atoms with van der Waals surface area (Å²) in [5, 5.41) is 3.92. The number of piperidine rings is 1. The van der Waals surface area contributed by atoms with Gasteiger partial charge in [0.05, 0.1) is 0 Å². The summed E-state index contributed by atoms with van der Waals surface area (Å²) in [5.41, 5.74) is 7.16. The first-order valence-electron chi connectivity index (χ1n) is 5.71. The molecule has 1 aromatic carbocycles. The van der Waals surface area contributed by atoms with Crippen molar-refractivity contribution in [1.82, 2.24) is 10.3 Å². The Morgan fingerprint density at radius 2 is 2.12 bits per heavy atom. The van der Waals surface area contributed by atoms with Crippen LogP contribution in [0.4, 0.5) is 0 Å². The fourth-order valence-corrected chi connectivity index (χ4v) is 1.84. The molecule has 0 aliphatic carbocycles. The van der Waals surface area contributed by atoms with E-state index in [1.54, 1.807) is 18.2 Å². The summed E-state index contributed by atoms with van der Waals surface area (Å²) in [4.78, 5) is 3.93. The van der Waals surface area contributed by atoms with Gasteiger partial charge in [-0.3, -0.25) is 0 Å². The summed E-state index contributed by atoms with van der Waals surface area (Å²) < 4.78 is 5.00. The number of fused-ring (bicyclic) bond motifs is 1. The second-order valence-electron chi connectivity index (χ2n) is 4.05. The Morgan fingerprint density at radius 1 is 1.35 bits per heavy atom. The lowest BCUT2D eigenvalue weighted by atomic mass is 10.1. The summed E-state index contributed by atoms with van der Waals surface area (Å²) in [6, 6.07) is 5.81. The van der Waals surface area contributed by atoms with E-state index in [0.717, 1.165) is 37.0 Å². The highest BCUT2D eigenvalue weighted by Gasteiger charge is 2.05. The molecule has 1 saturated heterocycles. The molecule has 0 atom stereocenters. The van der Waals surface area contributed by atoms with Gasteiger partial charge in [-0.15, -0.1) is 0 Å². The molecule has 1 aromatic heterocycles. The van der Waals surface area contributed by atoms with Gasteiger partial charge in [0.25, 0.3) is 0 Å². The second kappa shape index (κ2) is 6.00. The number of oxazole rings is 1. The summed E-state index contributed by atoms with van der Waals surface area (Å²) >= 11 is 5.69. The molecule has 1 fully saturated rings. The molecule has 92 valence electrons. The molecule has 0 spiro atoms. The largest absolute Gasteiger partial charge is 0.443 e. The van der Waals surface area contributed by atoms with Crippen molar-refractivity contribution in [2.24, 2.45) is 5.73 Å². The lowest BCUT2D eigenvalue weighted by Crippen LogP contribution is -2.35. The van der Waals surface area contributed by atoms with Crippen LogP contribution in [0.15, 0.2) is 29.0 Å². The SMILES string of the molecule is Clc1ccc2ocnc2c1.NC1CCNCC1. The van der Waals surface area contributed by atoms with Gasteiger partial charge in [-0.05, 0) is 44.1 Å². The van der Waals surface area contributed by atoms with Crippen molar-refractivity contribution in [3.8, 4) is 0 Å². The molecule has 17 heavy (non-hydrogen) atoms. The van der Waals surface area contributed by atoms with Gasteiger partial charge in [0.2, 0.25) is 0 Å². The highest BCUT2D eigenvalue weighted by molar-refractivity contribution is 6.31. The van der Waals surface area contributed by atoms with Crippen LogP contribution < -0.4 is 11.1 Å². The highest BCUT2D eigenvalue weighted by atomic mass is 35.5. The lowest BCUT2D eigenvalue weighted by Gasteiger charge is -2.17. The van der Waals surface area contributed by atoms with Crippen LogP contribution >= 0.6 is 11.6 Å². The molecule has 3 rings (SSSR count). The van der Waals surface area contributed by atoms with Gasteiger partial charge in [-0.25, -0.2) is 4.98 Å². The van der Waals surface area contributed by atoms with E-state index in [2.05, 4.69) is 10.3 Å². The number of nitrogens with two attached hydrogens (primary N) is 1. The Bertz CT molecular complexity index is 465. The van der Waals surface area contributed by atoms with E-state index in [9.17, 15) is 0 Å². The average Bonchev–Trinajstić information content (AvgIpc) is 2.78. The Hall–Kier alpha value is -1.10. The second-order valence-corrected chi connectivity index (χ2v) is 4.49. The maximum absolute atomic E-state index is 5.69. The topological polar surface area (TPSA) is 64.1 Å². The Labute approximate surface area is 105 Å². The number of hydrogen-bond donors (Lipinski definition) is 2. The zero-order valence-corrected chi connectivity index (χ0v) is 10.3. The lowest BCUT2D eigenvalue weighted by molar-refractivity contribution is 0.458. The number of rotatable bonds is 0. The van der Waals surface area contributed by atoms with Gasteiger partial charge in [-0.1, -0.05) is 11.6 Å². The van der Waals surface area contributed by atoms with Gasteiger partial charge < -0.3 is 15.5 Å². The molecule has 2 heterocycles. The summed E-state index contributed by atoms with van der Waals surface area (Å²) in [6.07, 6.45) is 3.71. The number of aromatic nitrogens is 1. The number of hydrogen-bond acceptors (Lipinski definition) is 4. The van der Waals surface area contributed by atoms with Crippen LogP contribution in [0.2, 0.25) is 5.02 Å². The normalized spacial score (nSPS) is 16.6. The minimum atomic E-state index is 0.473. The van der Waals surface area contributed by atoms with Crippen LogP contribution in [0.5, 0.6) is 0 Å². The number of halogens is 1. The third-order valence-corrected chi connectivity index (χ3v) is 2.91. The molecule has 0 unspecified atom stereocenters. The first kappa shape index (κ1) is 12.4. The molecule has 5 heteroatoms. The van der Waals surface area contributed by atoms with E-state index in [0.29, 0.717) is 11.1 Å². The van der Waals surface area contributed by atoms with E-state index in [1.807, 2.05) is 0 Å². The monoisotopic (exact) mass is 253 g/mol. The minimum Gasteiger partial charge on any atom is -0.443 e. The third kappa shape index (κ3) is 3.70. The van der Waals surface area contributed by atoms with Crippen molar-refractivity contribution >= 4 is 22.7 Å². The van der Waals surface area contributed by atoms with Crippen molar-refractivity contribution < 1.29 is 4.42 Å². The Kier molecular flexibility index (Phi) is 4.36. The fourth-order valence-electron chi connectivity index (χ4n) is 1.68. The summed E-state index contributed by atoms with van der Waals surface area (Å²) in [5.74, 6) is 0. The van der Waals surface area contributed by atoms with Crippen LogP contribution in [-0.4, -0.2) is 24.1 Å². The molecule has 4 nitrogen and oxygen atoms in total. The van der Waals surface area contributed by atoms with Gasteiger partial charge in [0, 0.05) is 11.1 Å². The average molecular weight is 254 g/mol. The number of nitrogens with one attached hydrogen (secondary N) is 1. The van der Waals surface area contributed by atoms with Crippen molar-refractivity contribution in [2.45, 2.75) is 18.9 Å². The maximum atomic E-state index is 5.69. The van der Waals surface area contributed by atoms with Gasteiger partial charge in [0.15, 0.2) is 12.0 Å². The van der Waals surface area contributed by atoms with Crippen LogP contribution in [-0.2, 0) is 0 Å². The van der Waals surface area contributed by atoms with Crippen molar-refractivity contribution in [3.05, 3.63) is 29.6 Å². The van der Waals surface area contributed by atoms with Gasteiger partial charge in [0.1, 0.15) is 5.52 Å². The fraction of sp³-hybridized carbons (Fsp3) is 0.417. The minimum absolute atomic E-state index is 0.473. The molecule has 0 bridgehead atoms. The molecule has 0 amide bonds. The van der Waals surface area contributed by atoms with Gasteiger partial charge >= 0.3 is 0 Å². The van der Waals surface area contributed by atoms with E-state index >= 15 is 0 Å². The first-order valence-corrected chi connectivity index (χ1v) is 6.08. The van der Waals surface area contributed by atoms with Crippen molar-refractivity contribution in [2.75, 3.05) is 13.1 Å². The molecular formula is C12H16ClN3O. The predicted octanol–water partition coefficient (Wildman–Crippen LogP) is 2.18. The van der Waals surface area contributed by atoms with Crippen LogP contribution in [0.3, 0.4) is 0 Å². The zero-order valence-electron chi connectivity index (χ0n) is 9.53. The summed E-state index contributed by atoms with van der Waals surface area (Å²) in [7, 11) is 0. The Morgan fingerprint density at radius 3 is 2.76 bits per heavy atom. The van der Waals surface area contributed by atoms with E-state index in [1.165, 1.54) is 6.39 Å². The molecule has 0 saturated carbocycles.